The standard InChI is InChI=1S/C18H20N4O3S/c1-19-18(26)22-20-11-13-7-9-14(10-8-13)25-12-17(23)21-15-5-3-4-6-16(15)24-2/h3-11H,12H2,1-2H3,(H,21,23)(H2,19,22,26)/b20-11+. The number of carbonyl (C=O) groups excluding carboxylic acids is 1. The highest BCUT2D eigenvalue weighted by atomic mass is 32.1. The number of anilines is 1. The van der Waals surface area contributed by atoms with Crippen molar-refractivity contribution in [2.75, 3.05) is 26.1 Å². The molecule has 2 rings (SSSR count). The second kappa shape index (κ2) is 10.00. The molecular formula is C18H20N4O3S. The van der Waals surface area contributed by atoms with E-state index in [4.69, 9.17) is 21.7 Å². The molecule has 0 heterocycles. The molecule has 7 nitrogen and oxygen atoms in total. The maximum absolute atomic E-state index is 12.0. The third kappa shape index (κ3) is 6.06. The van der Waals surface area contributed by atoms with Crippen molar-refractivity contribution >= 4 is 35.1 Å². The Kier molecular flexibility index (Phi) is 7.38. The van der Waals surface area contributed by atoms with Crippen LogP contribution in [0.15, 0.2) is 53.6 Å². The molecule has 0 bridgehead atoms. The van der Waals surface area contributed by atoms with Gasteiger partial charge in [-0.25, -0.2) is 0 Å². The molecule has 1 amide bonds. The van der Waals surface area contributed by atoms with Gasteiger partial charge in [0.15, 0.2) is 11.7 Å². The Morgan fingerprint density at radius 3 is 2.62 bits per heavy atom. The molecule has 0 aliphatic rings. The van der Waals surface area contributed by atoms with Crippen LogP contribution in [0.1, 0.15) is 5.56 Å². The zero-order chi connectivity index (χ0) is 18.8. The van der Waals surface area contributed by atoms with Crippen molar-refractivity contribution in [1.82, 2.24) is 10.7 Å². The Bertz CT molecular complexity index is 778. The number of amides is 1. The van der Waals surface area contributed by atoms with Crippen molar-refractivity contribution in [3.05, 3.63) is 54.1 Å². The molecule has 0 saturated heterocycles. The van der Waals surface area contributed by atoms with E-state index < -0.39 is 0 Å². The summed E-state index contributed by atoms with van der Waals surface area (Å²) >= 11 is 4.91. The largest absolute Gasteiger partial charge is 0.495 e. The van der Waals surface area contributed by atoms with Gasteiger partial charge in [0.2, 0.25) is 0 Å². The summed E-state index contributed by atoms with van der Waals surface area (Å²) in [5.74, 6) is 0.900. The quantitative estimate of drug-likeness (QED) is 0.392. The van der Waals surface area contributed by atoms with Crippen LogP contribution in [0.5, 0.6) is 11.5 Å². The lowest BCUT2D eigenvalue weighted by Crippen LogP contribution is -2.28. The predicted molar refractivity (Wildman–Crippen MR) is 106 cm³/mol. The van der Waals surface area contributed by atoms with Crippen molar-refractivity contribution in [3.8, 4) is 11.5 Å². The van der Waals surface area contributed by atoms with Crippen molar-refractivity contribution in [2.45, 2.75) is 0 Å². The van der Waals surface area contributed by atoms with Crippen LogP contribution in [0.25, 0.3) is 0 Å². The van der Waals surface area contributed by atoms with Gasteiger partial charge in [0.25, 0.3) is 5.91 Å². The van der Waals surface area contributed by atoms with E-state index in [2.05, 4.69) is 21.2 Å². The smallest absolute Gasteiger partial charge is 0.262 e. The number of nitrogens with zero attached hydrogens (tertiary/aromatic N) is 1. The minimum Gasteiger partial charge on any atom is -0.495 e. The first-order chi connectivity index (χ1) is 12.6. The zero-order valence-corrected chi connectivity index (χ0v) is 15.3. The summed E-state index contributed by atoms with van der Waals surface area (Å²) < 4.78 is 10.7. The summed E-state index contributed by atoms with van der Waals surface area (Å²) in [5, 5.41) is 9.92. The monoisotopic (exact) mass is 372 g/mol. The van der Waals surface area contributed by atoms with Crippen LogP contribution in [0.2, 0.25) is 0 Å². The average Bonchev–Trinajstić information content (AvgIpc) is 2.67. The molecular weight excluding hydrogens is 352 g/mol. The molecule has 0 aromatic heterocycles. The first-order valence-electron chi connectivity index (χ1n) is 7.79. The number of thiocarbonyl (C=S) groups is 1. The Labute approximate surface area is 157 Å². The van der Waals surface area contributed by atoms with E-state index in [-0.39, 0.29) is 12.5 Å². The second-order valence-corrected chi connectivity index (χ2v) is 5.46. The van der Waals surface area contributed by atoms with Crippen molar-refractivity contribution in [1.29, 1.82) is 0 Å². The number of benzene rings is 2. The molecule has 0 spiro atoms. The van der Waals surface area contributed by atoms with Gasteiger partial charge in [0.1, 0.15) is 11.5 Å². The summed E-state index contributed by atoms with van der Waals surface area (Å²) in [6, 6.07) is 14.3. The number of methoxy groups -OCH3 is 1. The van der Waals surface area contributed by atoms with E-state index in [0.29, 0.717) is 22.3 Å². The van der Waals surface area contributed by atoms with Crippen LogP contribution in [0.4, 0.5) is 5.69 Å². The molecule has 2 aromatic carbocycles. The van der Waals surface area contributed by atoms with Crippen LogP contribution >= 0.6 is 12.2 Å². The molecule has 0 radical (unpaired) electrons. The van der Waals surface area contributed by atoms with Crippen LogP contribution in [0, 0.1) is 0 Å². The van der Waals surface area contributed by atoms with Crippen LogP contribution in [0.3, 0.4) is 0 Å². The van der Waals surface area contributed by atoms with Crippen molar-refractivity contribution in [3.63, 3.8) is 0 Å². The number of ether oxygens (including phenoxy) is 2. The summed E-state index contributed by atoms with van der Waals surface area (Å²) in [5.41, 5.74) is 4.13. The van der Waals surface area contributed by atoms with Gasteiger partial charge in [-0.15, -0.1) is 0 Å². The van der Waals surface area contributed by atoms with Gasteiger partial charge in [0, 0.05) is 7.05 Å². The fraction of sp³-hybridized carbons (Fsp3) is 0.167. The molecule has 2 aromatic rings. The number of rotatable bonds is 7. The summed E-state index contributed by atoms with van der Waals surface area (Å²) in [4.78, 5) is 12.0. The number of hydrogen-bond donors (Lipinski definition) is 3. The summed E-state index contributed by atoms with van der Waals surface area (Å²) in [7, 11) is 3.26. The van der Waals surface area contributed by atoms with Crippen LogP contribution < -0.4 is 25.5 Å². The number of hydrazone groups is 1. The zero-order valence-electron chi connectivity index (χ0n) is 14.5. The van der Waals surface area contributed by atoms with Crippen molar-refractivity contribution < 1.29 is 14.3 Å². The molecule has 136 valence electrons. The lowest BCUT2D eigenvalue weighted by atomic mass is 10.2. The predicted octanol–water partition coefficient (Wildman–Crippen LogP) is 2.14. The van der Waals surface area contributed by atoms with Gasteiger partial charge in [-0.2, -0.15) is 5.10 Å². The Balaban J connectivity index is 1.83. The van der Waals surface area contributed by atoms with Gasteiger partial charge in [0.05, 0.1) is 19.0 Å². The van der Waals surface area contributed by atoms with E-state index in [1.807, 2.05) is 24.3 Å². The Morgan fingerprint density at radius 1 is 1.19 bits per heavy atom. The van der Waals surface area contributed by atoms with E-state index >= 15 is 0 Å². The Hall–Kier alpha value is -3.13. The molecule has 0 saturated carbocycles. The number of carbonyl (C=O) groups is 1. The van der Waals surface area contributed by atoms with Crippen LogP contribution in [-0.2, 0) is 4.79 Å². The number of nitrogens with one attached hydrogen (secondary N) is 3. The number of hydrogen-bond acceptors (Lipinski definition) is 5. The minimum absolute atomic E-state index is 0.108. The molecule has 8 heteroatoms. The van der Waals surface area contributed by atoms with E-state index in [1.165, 1.54) is 0 Å². The molecule has 0 atom stereocenters. The molecule has 26 heavy (non-hydrogen) atoms. The Morgan fingerprint density at radius 2 is 1.92 bits per heavy atom. The molecule has 3 N–H and O–H groups in total. The van der Waals surface area contributed by atoms with Gasteiger partial charge in [-0.1, -0.05) is 12.1 Å². The van der Waals surface area contributed by atoms with E-state index in [9.17, 15) is 4.79 Å². The van der Waals surface area contributed by atoms with Gasteiger partial charge >= 0.3 is 0 Å². The SMILES string of the molecule is CNC(=S)N/N=C/c1ccc(OCC(=O)Nc2ccccc2OC)cc1. The maximum Gasteiger partial charge on any atom is 0.262 e. The average molecular weight is 372 g/mol. The highest BCUT2D eigenvalue weighted by Crippen LogP contribution is 2.22. The topological polar surface area (TPSA) is 84.0 Å². The van der Waals surface area contributed by atoms with Crippen molar-refractivity contribution in [2.24, 2.45) is 5.10 Å². The van der Waals surface area contributed by atoms with E-state index in [1.54, 1.807) is 44.6 Å². The highest BCUT2D eigenvalue weighted by molar-refractivity contribution is 7.80. The first-order valence-corrected chi connectivity index (χ1v) is 8.19. The fourth-order valence-electron chi connectivity index (χ4n) is 1.95. The third-order valence-corrected chi connectivity index (χ3v) is 3.53. The normalized spacial score (nSPS) is 10.2. The molecule has 0 aliphatic heterocycles. The maximum atomic E-state index is 12.0. The second-order valence-electron chi connectivity index (χ2n) is 5.06. The van der Waals surface area contributed by atoms with Crippen LogP contribution in [-0.4, -0.2) is 38.0 Å². The lowest BCUT2D eigenvalue weighted by Gasteiger charge is -2.10. The number of para-hydroxylation sites is 2. The molecule has 0 aliphatic carbocycles. The minimum atomic E-state index is -0.273. The molecule has 0 unspecified atom stereocenters. The fourth-order valence-corrected chi connectivity index (χ4v) is 2.01. The van der Waals surface area contributed by atoms with Gasteiger partial charge < -0.3 is 20.1 Å². The summed E-state index contributed by atoms with van der Waals surface area (Å²) in [6.07, 6.45) is 1.63. The third-order valence-electron chi connectivity index (χ3n) is 3.24. The van der Waals surface area contributed by atoms with Gasteiger partial charge in [-0.05, 0) is 54.2 Å². The van der Waals surface area contributed by atoms with Gasteiger partial charge in [-0.3, -0.25) is 10.2 Å². The lowest BCUT2D eigenvalue weighted by molar-refractivity contribution is -0.118. The summed E-state index contributed by atoms with van der Waals surface area (Å²) in [6.45, 7) is -0.108. The first kappa shape index (κ1) is 19.2. The van der Waals surface area contributed by atoms with E-state index in [0.717, 1.165) is 5.56 Å². The molecule has 0 fully saturated rings. The highest BCUT2D eigenvalue weighted by Gasteiger charge is 2.07.